The minimum absolute atomic E-state index is 0.121. The van der Waals surface area contributed by atoms with Crippen LogP contribution in [0.25, 0.3) is 0 Å². The zero-order valence-electron chi connectivity index (χ0n) is 8.19. The lowest BCUT2D eigenvalue weighted by molar-refractivity contribution is -0.120. The highest BCUT2D eigenvalue weighted by Crippen LogP contribution is 2.25. The summed E-state index contributed by atoms with van der Waals surface area (Å²) in [6.45, 7) is 3.90. The largest absolute Gasteiger partial charge is 0.346 e. The Kier molecular flexibility index (Phi) is 6.58. The molecule has 0 rings (SSSR count). The number of amides is 1. The summed E-state index contributed by atoms with van der Waals surface area (Å²) in [5, 5.41) is 2.56. The highest BCUT2D eigenvalue weighted by Gasteiger charge is 2.30. The molecule has 5 heteroatoms. The number of carbonyl (C=O) groups is 1. The van der Waals surface area contributed by atoms with Crippen molar-refractivity contribution in [1.29, 1.82) is 0 Å². The molecule has 0 aromatic carbocycles. The lowest BCUT2D eigenvalue weighted by Gasteiger charge is -2.14. The van der Waals surface area contributed by atoms with Gasteiger partial charge < -0.3 is 5.32 Å². The van der Waals surface area contributed by atoms with E-state index in [0.717, 1.165) is 12.8 Å². The molecular formula is C9H14Cl3NO. The summed E-state index contributed by atoms with van der Waals surface area (Å²) in [5.41, 5.74) is 0. The molecule has 0 bridgehead atoms. The van der Waals surface area contributed by atoms with Gasteiger partial charge in [0.1, 0.15) is 0 Å². The van der Waals surface area contributed by atoms with Crippen LogP contribution in [0.4, 0.5) is 0 Å². The second-order valence-corrected chi connectivity index (χ2v) is 5.26. The van der Waals surface area contributed by atoms with Crippen molar-refractivity contribution in [1.82, 2.24) is 5.32 Å². The molecule has 1 amide bonds. The number of allylic oxidation sites excluding steroid dienone is 1. The predicted molar refractivity (Wildman–Crippen MR) is 61.9 cm³/mol. The lowest BCUT2D eigenvalue weighted by atomic mass is 10.2. The average Bonchev–Trinajstić information content (AvgIpc) is 2.03. The van der Waals surface area contributed by atoms with E-state index in [1.54, 1.807) is 0 Å². The molecule has 0 saturated carbocycles. The van der Waals surface area contributed by atoms with Crippen LogP contribution in [0.15, 0.2) is 12.2 Å². The lowest BCUT2D eigenvalue weighted by Crippen LogP contribution is -2.39. The van der Waals surface area contributed by atoms with Gasteiger partial charge in [0.2, 0.25) is 0 Å². The number of nitrogens with one attached hydrogen (secondary N) is 1. The van der Waals surface area contributed by atoms with Crippen molar-refractivity contribution in [3.8, 4) is 0 Å². The Morgan fingerprint density at radius 3 is 2.50 bits per heavy atom. The fourth-order valence-electron chi connectivity index (χ4n) is 0.804. The summed E-state index contributed by atoms with van der Waals surface area (Å²) >= 11 is 16.2. The van der Waals surface area contributed by atoms with E-state index in [2.05, 4.69) is 12.2 Å². The first-order valence-electron chi connectivity index (χ1n) is 4.42. The minimum atomic E-state index is -1.88. The van der Waals surface area contributed by atoms with Crippen LogP contribution >= 0.6 is 34.8 Å². The van der Waals surface area contributed by atoms with Crippen molar-refractivity contribution in [3.63, 3.8) is 0 Å². The zero-order chi connectivity index (χ0) is 11.2. The van der Waals surface area contributed by atoms with E-state index < -0.39 is 9.70 Å². The molecule has 0 saturated heterocycles. The maximum atomic E-state index is 11.2. The van der Waals surface area contributed by atoms with Crippen LogP contribution in [0.5, 0.6) is 0 Å². The minimum Gasteiger partial charge on any atom is -0.346 e. The van der Waals surface area contributed by atoms with Crippen molar-refractivity contribution in [2.24, 2.45) is 0 Å². The van der Waals surface area contributed by atoms with E-state index in [9.17, 15) is 4.79 Å². The van der Waals surface area contributed by atoms with E-state index in [4.69, 9.17) is 34.8 Å². The van der Waals surface area contributed by atoms with Gasteiger partial charge in [-0.15, -0.1) is 0 Å². The summed E-state index contributed by atoms with van der Waals surface area (Å²) < 4.78 is -1.88. The molecule has 1 N–H and O–H groups in total. The third kappa shape index (κ3) is 6.52. The molecule has 0 fully saturated rings. The second kappa shape index (κ2) is 6.54. The van der Waals surface area contributed by atoms with Crippen molar-refractivity contribution in [3.05, 3.63) is 12.2 Å². The average molecular weight is 259 g/mol. The number of halogens is 3. The highest BCUT2D eigenvalue weighted by atomic mass is 35.6. The molecule has 14 heavy (non-hydrogen) atoms. The Balaban J connectivity index is 3.95. The van der Waals surface area contributed by atoms with E-state index in [1.165, 1.54) is 0 Å². The molecule has 0 aliphatic rings. The highest BCUT2D eigenvalue weighted by molar-refractivity contribution is 6.76. The molecule has 0 aromatic heterocycles. The fraction of sp³-hybridized carbons (Fsp3) is 0.667. The maximum Gasteiger partial charge on any atom is 0.272 e. The van der Waals surface area contributed by atoms with Crippen molar-refractivity contribution in [2.75, 3.05) is 0 Å². The van der Waals surface area contributed by atoms with Crippen LogP contribution in [-0.2, 0) is 4.79 Å². The van der Waals surface area contributed by atoms with Crippen LogP contribution in [0, 0.1) is 0 Å². The van der Waals surface area contributed by atoms with Crippen LogP contribution < -0.4 is 5.32 Å². The van der Waals surface area contributed by atoms with Gasteiger partial charge in [0.25, 0.3) is 9.70 Å². The van der Waals surface area contributed by atoms with Gasteiger partial charge in [-0.3, -0.25) is 4.79 Å². The molecule has 0 radical (unpaired) electrons. The SMILES string of the molecule is CCC/C=C/C(C)NC(=O)C(Cl)(Cl)Cl. The molecule has 1 atom stereocenters. The van der Waals surface area contributed by atoms with Gasteiger partial charge in [-0.25, -0.2) is 0 Å². The molecule has 82 valence electrons. The number of alkyl halides is 3. The Bertz CT molecular complexity index is 211. The Hall–Kier alpha value is 0.0800. The molecule has 1 unspecified atom stereocenters. The van der Waals surface area contributed by atoms with Gasteiger partial charge in [0.15, 0.2) is 0 Å². The first kappa shape index (κ1) is 14.1. The number of rotatable bonds is 4. The number of unbranched alkanes of at least 4 members (excludes halogenated alkanes) is 1. The van der Waals surface area contributed by atoms with E-state index in [-0.39, 0.29) is 6.04 Å². The molecule has 0 aromatic rings. The summed E-state index contributed by atoms with van der Waals surface area (Å²) in [6, 6.07) is -0.121. The van der Waals surface area contributed by atoms with Crippen LogP contribution in [0.2, 0.25) is 0 Å². The predicted octanol–water partition coefficient (Wildman–Crippen LogP) is 3.22. The molecule has 0 aliphatic heterocycles. The molecule has 2 nitrogen and oxygen atoms in total. The molecule has 0 spiro atoms. The van der Waals surface area contributed by atoms with Crippen LogP contribution in [0.3, 0.4) is 0 Å². The third-order valence-electron chi connectivity index (χ3n) is 1.50. The van der Waals surface area contributed by atoms with Crippen LogP contribution in [-0.4, -0.2) is 15.7 Å². The van der Waals surface area contributed by atoms with Gasteiger partial charge in [-0.2, -0.15) is 0 Å². The van der Waals surface area contributed by atoms with Gasteiger partial charge in [-0.05, 0) is 13.3 Å². The van der Waals surface area contributed by atoms with Crippen molar-refractivity contribution >= 4 is 40.7 Å². The summed E-state index contributed by atoms with van der Waals surface area (Å²) in [5.74, 6) is -0.601. The van der Waals surface area contributed by atoms with E-state index >= 15 is 0 Å². The van der Waals surface area contributed by atoms with Crippen molar-refractivity contribution < 1.29 is 4.79 Å². The first-order chi connectivity index (χ1) is 6.38. The fourth-order valence-corrected chi connectivity index (χ4v) is 0.967. The molecule has 0 heterocycles. The number of hydrogen-bond donors (Lipinski definition) is 1. The zero-order valence-corrected chi connectivity index (χ0v) is 10.5. The Morgan fingerprint density at radius 1 is 1.50 bits per heavy atom. The molecule has 0 aliphatic carbocycles. The van der Waals surface area contributed by atoms with Gasteiger partial charge >= 0.3 is 0 Å². The van der Waals surface area contributed by atoms with Gasteiger partial charge in [0.05, 0.1) is 0 Å². The monoisotopic (exact) mass is 257 g/mol. The molecular weight excluding hydrogens is 244 g/mol. The first-order valence-corrected chi connectivity index (χ1v) is 5.55. The summed E-state index contributed by atoms with van der Waals surface area (Å²) in [6.07, 6.45) is 5.91. The van der Waals surface area contributed by atoms with Crippen molar-refractivity contribution in [2.45, 2.75) is 36.5 Å². The standard InChI is InChI=1S/C9H14Cl3NO/c1-3-4-5-6-7(2)13-8(14)9(10,11)12/h5-7H,3-4H2,1-2H3,(H,13,14)/b6-5+. The second-order valence-electron chi connectivity index (χ2n) is 2.98. The summed E-state index contributed by atoms with van der Waals surface area (Å²) in [4.78, 5) is 11.2. The van der Waals surface area contributed by atoms with Crippen LogP contribution in [0.1, 0.15) is 26.7 Å². The Morgan fingerprint density at radius 2 is 2.07 bits per heavy atom. The number of carbonyl (C=O) groups excluding carboxylic acids is 1. The number of hydrogen-bond acceptors (Lipinski definition) is 1. The quantitative estimate of drug-likeness (QED) is 0.609. The van der Waals surface area contributed by atoms with Gasteiger partial charge in [0, 0.05) is 6.04 Å². The van der Waals surface area contributed by atoms with E-state index in [0.29, 0.717) is 0 Å². The smallest absolute Gasteiger partial charge is 0.272 e. The van der Waals surface area contributed by atoms with Gasteiger partial charge in [-0.1, -0.05) is 60.3 Å². The summed E-state index contributed by atoms with van der Waals surface area (Å²) in [7, 11) is 0. The maximum absolute atomic E-state index is 11.2. The Labute approximate surface area is 99.6 Å². The van der Waals surface area contributed by atoms with E-state index in [1.807, 2.05) is 19.1 Å². The normalized spacial score (nSPS) is 14.4. The topological polar surface area (TPSA) is 29.1 Å². The third-order valence-corrected chi connectivity index (χ3v) is 2.01.